The Morgan fingerprint density at radius 3 is 2.35 bits per heavy atom. The van der Waals surface area contributed by atoms with Gasteiger partial charge in [-0.05, 0) is 48.4 Å². The third kappa shape index (κ3) is 3.03. The predicted octanol–water partition coefficient (Wildman–Crippen LogP) is 3.52. The molecule has 0 spiro atoms. The summed E-state index contributed by atoms with van der Waals surface area (Å²) in [6.07, 6.45) is 1.61. The van der Waals surface area contributed by atoms with Crippen LogP contribution in [0.15, 0.2) is 48.0 Å². The highest BCUT2D eigenvalue weighted by atomic mass is 19.1. The number of aromatic hydroxyl groups is 2. The Kier molecular flexibility index (Phi) is 3.84. The number of benzene rings is 2. The standard InChI is InChI=1S/C16H13FO3/c1-10(8-11-2-4-12(17)5-3-11)16(20)14-7-6-13(18)9-15(14)19/h2-9,18-19H,1H3/b10-8+. The molecule has 0 fully saturated rings. The van der Waals surface area contributed by atoms with Crippen LogP contribution in [0.25, 0.3) is 6.08 Å². The van der Waals surface area contributed by atoms with Gasteiger partial charge in [0.2, 0.25) is 0 Å². The van der Waals surface area contributed by atoms with Gasteiger partial charge in [0, 0.05) is 6.07 Å². The lowest BCUT2D eigenvalue weighted by molar-refractivity contribution is 0.103. The lowest BCUT2D eigenvalue weighted by Gasteiger charge is -2.05. The van der Waals surface area contributed by atoms with E-state index < -0.39 is 0 Å². The molecular weight excluding hydrogens is 259 g/mol. The van der Waals surface area contributed by atoms with E-state index in [9.17, 15) is 19.4 Å². The highest BCUT2D eigenvalue weighted by Crippen LogP contribution is 2.25. The van der Waals surface area contributed by atoms with Gasteiger partial charge in [-0.1, -0.05) is 12.1 Å². The van der Waals surface area contributed by atoms with Crippen LogP contribution < -0.4 is 0 Å². The molecule has 0 aliphatic rings. The van der Waals surface area contributed by atoms with Crippen molar-refractivity contribution in [3.8, 4) is 11.5 Å². The minimum absolute atomic E-state index is 0.110. The summed E-state index contributed by atoms with van der Waals surface area (Å²) < 4.78 is 12.8. The Bertz CT molecular complexity index is 673. The van der Waals surface area contributed by atoms with Crippen molar-refractivity contribution in [2.24, 2.45) is 0 Å². The highest BCUT2D eigenvalue weighted by molar-refractivity contribution is 6.12. The quantitative estimate of drug-likeness (QED) is 0.664. The fraction of sp³-hybridized carbons (Fsp3) is 0.0625. The van der Waals surface area contributed by atoms with Gasteiger partial charge < -0.3 is 10.2 Å². The summed E-state index contributed by atoms with van der Waals surface area (Å²) in [5.74, 6) is -1.09. The number of phenols is 2. The fourth-order valence-corrected chi connectivity index (χ4v) is 1.80. The van der Waals surface area contributed by atoms with E-state index in [0.29, 0.717) is 11.1 Å². The molecule has 0 bridgehead atoms. The molecule has 2 aromatic rings. The molecule has 0 heterocycles. The molecule has 102 valence electrons. The van der Waals surface area contributed by atoms with Gasteiger partial charge in [-0.15, -0.1) is 0 Å². The van der Waals surface area contributed by atoms with Crippen LogP contribution in [0.3, 0.4) is 0 Å². The first-order valence-corrected chi connectivity index (χ1v) is 5.98. The second-order valence-electron chi connectivity index (χ2n) is 4.41. The van der Waals surface area contributed by atoms with Crippen LogP contribution in [0.2, 0.25) is 0 Å². The molecule has 3 nitrogen and oxygen atoms in total. The zero-order chi connectivity index (χ0) is 14.7. The molecule has 0 radical (unpaired) electrons. The number of allylic oxidation sites excluding steroid dienone is 1. The van der Waals surface area contributed by atoms with Crippen molar-refractivity contribution in [1.82, 2.24) is 0 Å². The van der Waals surface area contributed by atoms with Crippen LogP contribution in [0, 0.1) is 5.82 Å². The summed E-state index contributed by atoms with van der Waals surface area (Å²) in [5.41, 5.74) is 1.20. The van der Waals surface area contributed by atoms with Crippen molar-refractivity contribution in [3.63, 3.8) is 0 Å². The maximum absolute atomic E-state index is 12.8. The molecule has 0 saturated heterocycles. The van der Waals surface area contributed by atoms with E-state index in [-0.39, 0.29) is 28.7 Å². The smallest absolute Gasteiger partial charge is 0.192 e. The minimum atomic E-state index is -0.355. The Morgan fingerprint density at radius 2 is 1.75 bits per heavy atom. The molecule has 0 atom stereocenters. The molecule has 0 aliphatic heterocycles. The van der Waals surface area contributed by atoms with Gasteiger partial charge in [0.1, 0.15) is 17.3 Å². The molecular formula is C16H13FO3. The lowest BCUT2D eigenvalue weighted by atomic mass is 10.0. The second kappa shape index (κ2) is 5.57. The monoisotopic (exact) mass is 272 g/mol. The number of rotatable bonds is 3. The molecule has 0 amide bonds. The maximum Gasteiger partial charge on any atom is 0.192 e. The summed E-state index contributed by atoms with van der Waals surface area (Å²) in [7, 11) is 0. The van der Waals surface area contributed by atoms with Crippen LogP contribution in [0.4, 0.5) is 4.39 Å². The lowest BCUT2D eigenvalue weighted by Crippen LogP contribution is -2.00. The van der Waals surface area contributed by atoms with Crippen molar-refractivity contribution in [2.45, 2.75) is 6.92 Å². The number of hydrogen-bond acceptors (Lipinski definition) is 3. The zero-order valence-corrected chi connectivity index (χ0v) is 10.8. The van der Waals surface area contributed by atoms with E-state index in [1.807, 2.05) is 0 Å². The first-order chi connectivity index (χ1) is 9.47. The van der Waals surface area contributed by atoms with Crippen molar-refractivity contribution in [2.75, 3.05) is 0 Å². The van der Waals surface area contributed by atoms with Gasteiger partial charge in [-0.3, -0.25) is 4.79 Å². The van der Waals surface area contributed by atoms with Crippen LogP contribution in [-0.4, -0.2) is 16.0 Å². The number of carbonyl (C=O) groups is 1. The minimum Gasteiger partial charge on any atom is -0.508 e. The first-order valence-electron chi connectivity index (χ1n) is 5.98. The number of carbonyl (C=O) groups excluding carboxylic acids is 1. The molecule has 20 heavy (non-hydrogen) atoms. The van der Waals surface area contributed by atoms with Gasteiger partial charge in [-0.2, -0.15) is 0 Å². The number of halogens is 1. The van der Waals surface area contributed by atoms with Crippen LogP contribution in [0.1, 0.15) is 22.8 Å². The van der Waals surface area contributed by atoms with E-state index in [2.05, 4.69) is 0 Å². The van der Waals surface area contributed by atoms with Crippen molar-refractivity contribution in [1.29, 1.82) is 0 Å². The Hall–Kier alpha value is -2.62. The van der Waals surface area contributed by atoms with Crippen molar-refractivity contribution >= 4 is 11.9 Å². The molecule has 0 aromatic heterocycles. The predicted molar refractivity (Wildman–Crippen MR) is 74.2 cm³/mol. The number of phenolic OH excluding ortho intramolecular Hbond substituents is 2. The van der Waals surface area contributed by atoms with E-state index >= 15 is 0 Å². The van der Waals surface area contributed by atoms with Gasteiger partial charge in [-0.25, -0.2) is 4.39 Å². The third-order valence-electron chi connectivity index (χ3n) is 2.84. The number of ketones is 1. The van der Waals surface area contributed by atoms with Crippen LogP contribution in [0.5, 0.6) is 11.5 Å². The van der Waals surface area contributed by atoms with Gasteiger partial charge >= 0.3 is 0 Å². The summed E-state index contributed by atoms with van der Waals surface area (Å²) in [6, 6.07) is 9.53. The Morgan fingerprint density at radius 1 is 1.10 bits per heavy atom. The van der Waals surface area contributed by atoms with Crippen molar-refractivity contribution in [3.05, 3.63) is 65.0 Å². The normalized spacial score (nSPS) is 11.4. The summed E-state index contributed by atoms with van der Waals surface area (Å²) in [4.78, 5) is 12.2. The number of hydrogen-bond donors (Lipinski definition) is 2. The Labute approximate surface area is 115 Å². The third-order valence-corrected chi connectivity index (χ3v) is 2.84. The molecule has 2 aromatic carbocycles. The molecule has 2 rings (SSSR count). The number of Topliss-reactive ketones (excluding diaryl/α,β-unsaturated/α-hetero) is 1. The van der Waals surface area contributed by atoms with E-state index in [0.717, 1.165) is 6.07 Å². The molecule has 4 heteroatoms. The maximum atomic E-state index is 12.8. The molecule has 0 aliphatic carbocycles. The highest BCUT2D eigenvalue weighted by Gasteiger charge is 2.13. The molecule has 0 saturated carbocycles. The van der Waals surface area contributed by atoms with Crippen molar-refractivity contribution < 1.29 is 19.4 Å². The van der Waals surface area contributed by atoms with Crippen LogP contribution >= 0.6 is 0 Å². The van der Waals surface area contributed by atoms with E-state index in [4.69, 9.17) is 0 Å². The summed E-state index contributed by atoms with van der Waals surface area (Å²) in [6.45, 7) is 1.61. The molecule has 2 N–H and O–H groups in total. The topological polar surface area (TPSA) is 57.5 Å². The average molecular weight is 272 g/mol. The SMILES string of the molecule is C/C(=C\c1ccc(F)cc1)C(=O)c1ccc(O)cc1O. The largest absolute Gasteiger partial charge is 0.508 e. The first kappa shape index (κ1) is 13.8. The summed E-state index contributed by atoms with van der Waals surface area (Å²) in [5, 5.41) is 18.9. The van der Waals surface area contributed by atoms with E-state index in [1.54, 1.807) is 25.1 Å². The van der Waals surface area contributed by atoms with Gasteiger partial charge in [0.15, 0.2) is 5.78 Å². The Balaban J connectivity index is 2.30. The zero-order valence-electron chi connectivity index (χ0n) is 10.8. The average Bonchev–Trinajstić information content (AvgIpc) is 2.40. The van der Waals surface area contributed by atoms with Crippen LogP contribution in [-0.2, 0) is 0 Å². The van der Waals surface area contributed by atoms with Gasteiger partial charge in [0.25, 0.3) is 0 Å². The summed E-state index contributed by atoms with van der Waals surface area (Å²) >= 11 is 0. The van der Waals surface area contributed by atoms with E-state index in [1.165, 1.54) is 24.3 Å². The van der Waals surface area contributed by atoms with Gasteiger partial charge in [0.05, 0.1) is 5.56 Å². The second-order valence-corrected chi connectivity index (χ2v) is 4.41. The fourth-order valence-electron chi connectivity index (χ4n) is 1.80. The molecule has 0 unspecified atom stereocenters.